The second kappa shape index (κ2) is 3.78. The van der Waals surface area contributed by atoms with Gasteiger partial charge < -0.3 is 9.67 Å². The highest BCUT2D eigenvalue weighted by Gasteiger charge is 2.42. The molecule has 0 saturated heterocycles. The minimum Gasteiger partial charge on any atom is -0.378 e. The number of aryl methyl sites for hydroxylation is 1. The fourth-order valence-corrected chi connectivity index (χ4v) is 1.30. The van der Waals surface area contributed by atoms with Gasteiger partial charge in [-0.1, -0.05) is 11.6 Å². The number of rotatable bonds is 2. The highest BCUT2D eigenvalue weighted by Crippen LogP contribution is 2.35. The number of imidazole rings is 1. The average molecular weight is 229 g/mol. The number of aromatic nitrogens is 2. The predicted molar refractivity (Wildman–Crippen MR) is 43.9 cm³/mol. The van der Waals surface area contributed by atoms with Gasteiger partial charge in [0.1, 0.15) is 0 Å². The number of hydrogen-bond acceptors (Lipinski definition) is 2. The highest BCUT2D eigenvalue weighted by atomic mass is 35.5. The summed E-state index contributed by atoms with van der Waals surface area (Å²) in [5, 5.41) is 8.65. The number of alkyl halides is 3. The number of halogens is 4. The molecule has 0 fully saturated rings. The molecule has 0 aromatic carbocycles. The van der Waals surface area contributed by atoms with Crippen LogP contribution in [0.25, 0.3) is 0 Å². The Morgan fingerprint density at radius 3 is 2.64 bits per heavy atom. The highest BCUT2D eigenvalue weighted by molar-refractivity contribution is 6.30. The summed E-state index contributed by atoms with van der Waals surface area (Å²) in [7, 11) is 0. The van der Waals surface area contributed by atoms with Crippen molar-refractivity contribution >= 4 is 11.6 Å². The Kier molecular flexibility index (Phi) is 3.06. The van der Waals surface area contributed by atoms with E-state index in [1.807, 2.05) is 0 Å². The third-order valence-corrected chi connectivity index (χ3v) is 2.03. The molecular weight excluding hydrogens is 221 g/mol. The van der Waals surface area contributed by atoms with E-state index in [0.29, 0.717) is 0 Å². The molecule has 3 nitrogen and oxygen atoms in total. The molecule has 14 heavy (non-hydrogen) atoms. The van der Waals surface area contributed by atoms with Crippen LogP contribution in [-0.2, 0) is 6.54 Å². The molecule has 1 heterocycles. The van der Waals surface area contributed by atoms with Crippen molar-refractivity contribution in [3.8, 4) is 0 Å². The molecule has 1 aromatic heterocycles. The summed E-state index contributed by atoms with van der Waals surface area (Å²) >= 11 is 5.43. The molecule has 1 unspecified atom stereocenters. The van der Waals surface area contributed by atoms with Crippen LogP contribution in [0.4, 0.5) is 13.2 Å². The van der Waals surface area contributed by atoms with Crippen molar-refractivity contribution in [2.45, 2.75) is 25.7 Å². The minimum absolute atomic E-state index is 0.266. The third-order valence-electron chi connectivity index (χ3n) is 1.74. The monoisotopic (exact) mass is 228 g/mol. The van der Waals surface area contributed by atoms with Crippen LogP contribution in [0.1, 0.15) is 18.7 Å². The van der Waals surface area contributed by atoms with Crippen LogP contribution in [0.5, 0.6) is 0 Å². The lowest BCUT2D eigenvalue weighted by atomic mass is 10.2. The molecule has 0 radical (unpaired) electrons. The van der Waals surface area contributed by atoms with Gasteiger partial charge in [-0.15, -0.1) is 0 Å². The third kappa shape index (κ3) is 2.01. The van der Waals surface area contributed by atoms with E-state index in [2.05, 4.69) is 4.98 Å². The second-order valence-electron chi connectivity index (χ2n) is 2.65. The number of aliphatic hydroxyl groups excluding tert-OH is 1. The summed E-state index contributed by atoms with van der Waals surface area (Å²) < 4.78 is 37.6. The maximum Gasteiger partial charge on any atom is 0.420 e. The molecule has 1 atom stereocenters. The molecule has 1 N–H and O–H groups in total. The average Bonchev–Trinajstić information content (AvgIpc) is 2.43. The molecule has 0 aliphatic carbocycles. The van der Waals surface area contributed by atoms with Crippen LogP contribution in [-0.4, -0.2) is 20.8 Å². The first-order valence-corrected chi connectivity index (χ1v) is 4.21. The quantitative estimate of drug-likeness (QED) is 0.842. The summed E-state index contributed by atoms with van der Waals surface area (Å²) in [5.41, 5.74) is -0.415. The lowest BCUT2D eigenvalue weighted by Crippen LogP contribution is -2.23. The number of hydrogen-bond donors (Lipinski definition) is 1. The standard InChI is InChI=1S/C7H8ClF3N2O/c1-2-13-3-12-6(8)4(13)5(14)7(9,10)11/h3,5,14H,2H2,1H3. The Labute approximate surface area is 83.1 Å². The molecule has 0 aliphatic heterocycles. The lowest BCUT2D eigenvalue weighted by Gasteiger charge is -2.16. The van der Waals surface area contributed by atoms with E-state index in [4.69, 9.17) is 16.7 Å². The fraction of sp³-hybridized carbons (Fsp3) is 0.571. The van der Waals surface area contributed by atoms with Crippen molar-refractivity contribution in [1.29, 1.82) is 0 Å². The zero-order valence-corrected chi connectivity index (χ0v) is 7.97. The van der Waals surface area contributed by atoms with Crippen molar-refractivity contribution in [3.05, 3.63) is 17.2 Å². The van der Waals surface area contributed by atoms with E-state index in [1.165, 1.54) is 0 Å². The molecule has 1 rings (SSSR count). The van der Waals surface area contributed by atoms with Gasteiger partial charge in [-0.05, 0) is 6.92 Å². The van der Waals surface area contributed by atoms with Crippen LogP contribution in [0.2, 0.25) is 5.15 Å². The molecular formula is C7H8ClF3N2O. The minimum atomic E-state index is -4.73. The Morgan fingerprint density at radius 2 is 2.21 bits per heavy atom. The summed E-state index contributed by atoms with van der Waals surface area (Å²) in [5.74, 6) is 0. The van der Waals surface area contributed by atoms with Crippen molar-refractivity contribution in [1.82, 2.24) is 9.55 Å². The molecule has 0 amide bonds. The molecule has 0 spiro atoms. The van der Waals surface area contributed by atoms with Crippen molar-refractivity contribution < 1.29 is 18.3 Å². The first-order chi connectivity index (χ1) is 6.38. The van der Waals surface area contributed by atoms with Gasteiger partial charge in [0, 0.05) is 6.54 Å². The van der Waals surface area contributed by atoms with Gasteiger partial charge in [0.05, 0.1) is 12.0 Å². The van der Waals surface area contributed by atoms with Crippen molar-refractivity contribution in [2.24, 2.45) is 0 Å². The Hall–Kier alpha value is -0.750. The summed E-state index contributed by atoms with van der Waals surface area (Å²) in [4.78, 5) is 3.49. The number of aliphatic hydroxyl groups is 1. The van der Waals surface area contributed by atoms with Crippen LogP contribution >= 0.6 is 11.6 Å². The van der Waals surface area contributed by atoms with Crippen LogP contribution < -0.4 is 0 Å². The predicted octanol–water partition coefficient (Wildman–Crippen LogP) is 2.15. The largest absolute Gasteiger partial charge is 0.420 e. The van der Waals surface area contributed by atoms with Gasteiger partial charge in [-0.2, -0.15) is 13.2 Å². The Morgan fingerprint density at radius 1 is 1.64 bits per heavy atom. The van der Waals surface area contributed by atoms with Gasteiger partial charge >= 0.3 is 6.18 Å². The Bertz CT molecular complexity index is 323. The van der Waals surface area contributed by atoms with E-state index in [1.54, 1.807) is 6.92 Å². The molecule has 0 saturated carbocycles. The van der Waals surface area contributed by atoms with Crippen LogP contribution in [0, 0.1) is 0 Å². The molecule has 1 aromatic rings. The maximum absolute atomic E-state index is 12.2. The molecule has 7 heteroatoms. The Balaban J connectivity index is 3.11. The second-order valence-corrected chi connectivity index (χ2v) is 3.01. The SMILES string of the molecule is CCn1cnc(Cl)c1C(O)C(F)(F)F. The van der Waals surface area contributed by atoms with Gasteiger partial charge in [-0.3, -0.25) is 0 Å². The fourth-order valence-electron chi connectivity index (χ4n) is 1.04. The zero-order chi connectivity index (χ0) is 10.9. The van der Waals surface area contributed by atoms with Gasteiger partial charge in [0.2, 0.25) is 0 Å². The maximum atomic E-state index is 12.2. The lowest BCUT2D eigenvalue weighted by molar-refractivity contribution is -0.208. The van der Waals surface area contributed by atoms with E-state index in [0.717, 1.165) is 10.9 Å². The molecule has 80 valence electrons. The van der Waals surface area contributed by atoms with E-state index in [9.17, 15) is 13.2 Å². The zero-order valence-electron chi connectivity index (χ0n) is 7.22. The first kappa shape index (κ1) is 11.3. The van der Waals surface area contributed by atoms with E-state index >= 15 is 0 Å². The number of nitrogens with zero attached hydrogens (tertiary/aromatic N) is 2. The van der Waals surface area contributed by atoms with Crippen LogP contribution in [0.3, 0.4) is 0 Å². The summed E-state index contributed by atoms with van der Waals surface area (Å²) in [6, 6.07) is 0. The molecule has 0 bridgehead atoms. The van der Waals surface area contributed by atoms with Gasteiger partial charge in [-0.25, -0.2) is 4.98 Å². The van der Waals surface area contributed by atoms with Crippen LogP contribution in [0.15, 0.2) is 6.33 Å². The molecule has 0 aliphatic rings. The van der Waals surface area contributed by atoms with E-state index < -0.39 is 18.0 Å². The van der Waals surface area contributed by atoms with Gasteiger partial charge in [0.15, 0.2) is 11.3 Å². The van der Waals surface area contributed by atoms with E-state index in [-0.39, 0.29) is 11.7 Å². The topological polar surface area (TPSA) is 38.0 Å². The summed E-state index contributed by atoms with van der Waals surface area (Å²) in [6.07, 6.45) is -6.15. The van der Waals surface area contributed by atoms with Crippen molar-refractivity contribution in [3.63, 3.8) is 0 Å². The van der Waals surface area contributed by atoms with Crippen molar-refractivity contribution in [2.75, 3.05) is 0 Å². The normalized spacial score (nSPS) is 14.4. The smallest absolute Gasteiger partial charge is 0.378 e. The summed E-state index contributed by atoms with van der Waals surface area (Å²) in [6.45, 7) is 1.90. The first-order valence-electron chi connectivity index (χ1n) is 3.83. The van der Waals surface area contributed by atoms with Gasteiger partial charge in [0.25, 0.3) is 0 Å².